The van der Waals surface area contributed by atoms with Crippen LogP contribution in [0.15, 0.2) is 46.5 Å². The fraction of sp³-hybridized carbons (Fsp3) is 0.250. The number of hydrogen-bond acceptors (Lipinski definition) is 4. The molecule has 0 radical (unpaired) electrons. The molecule has 3 aromatic rings. The van der Waals surface area contributed by atoms with Gasteiger partial charge in [-0.15, -0.1) is 11.3 Å². The van der Waals surface area contributed by atoms with Gasteiger partial charge in [-0.25, -0.2) is 0 Å². The maximum absolute atomic E-state index is 4.40. The van der Waals surface area contributed by atoms with Crippen LogP contribution in [-0.4, -0.2) is 16.5 Å². The number of hydrogen-bond donors (Lipinski definition) is 1. The molecule has 0 bridgehead atoms. The predicted octanol–water partition coefficient (Wildman–Crippen LogP) is 4.35. The molecular weight excluding hydrogens is 346 g/mol. The fourth-order valence-corrected chi connectivity index (χ4v) is 3.91. The Labute approximate surface area is 136 Å². The van der Waals surface area contributed by atoms with E-state index in [2.05, 4.69) is 61.7 Å². The Morgan fingerprint density at radius 3 is 2.71 bits per heavy atom. The van der Waals surface area contributed by atoms with Crippen molar-refractivity contribution in [3.63, 3.8) is 0 Å². The summed E-state index contributed by atoms with van der Waals surface area (Å²) in [5.74, 6) is 0. The van der Waals surface area contributed by atoms with Gasteiger partial charge in [0.25, 0.3) is 0 Å². The van der Waals surface area contributed by atoms with Crippen LogP contribution < -0.4 is 5.32 Å². The van der Waals surface area contributed by atoms with E-state index in [1.54, 1.807) is 23.7 Å². The van der Waals surface area contributed by atoms with Crippen molar-refractivity contribution in [1.29, 1.82) is 0 Å². The van der Waals surface area contributed by atoms with Crippen LogP contribution in [0.3, 0.4) is 0 Å². The second-order valence-electron chi connectivity index (χ2n) is 4.85. The van der Waals surface area contributed by atoms with Crippen molar-refractivity contribution >= 4 is 38.3 Å². The Balaban J connectivity index is 1.90. The van der Waals surface area contributed by atoms with E-state index in [-0.39, 0.29) is 0 Å². The highest BCUT2D eigenvalue weighted by Gasteiger charge is 2.13. The Hall–Kier alpha value is -1.30. The van der Waals surface area contributed by atoms with Crippen molar-refractivity contribution in [2.75, 3.05) is 6.54 Å². The van der Waals surface area contributed by atoms with Crippen LogP contribution in [0.2, 0.25) is 0 Å². The molecule has 0 saturated carbocycles. The lowest BCUT2D eigenvalue weighted by Crippen LogP contribution is -2.22. The summed E-state index contributed by atoms with van der Waals surface area (Å²) in [4.78, 5) is 10.1. The number of thiophene rings is 1. The van der Waals surface area contributed by atoms with E-state index in [1.807, 2.05) is 6.07 Å². The molecule has 1 aromatic carbocycles. The normalized spacial score (nSPS) is 12.7. The van der Waals surface area contributed by atoms with Crippen LogP contribution in [0.25, 0.3) is 11.0 Å². The molecule has 0 saturated heterocycles. The number of nitrogens with one attached hydrogen (secondary N) is 1. The van der Waals surface area contributed by atoms with Gasteiger partial charge in [0, 0.05) is 39.6 Å². The second kappa shape index (κ2) is 6.64. The van der Waals surface area contributed by atoms with Crippen molar-refractivity contribution < 1.29 is 0 Å². The molecule has 1 N–H and O–H groups in total. The molecule has 3 nitrogen and oxygen atoms in total. The number of nitrogens with zero attached hydrogens (tertiary/aromatic N) is 2. The molecule has 0 aliphatic carbocycles. The molecule has 2 heterocycles. The van der Waals surface area contributed by atoms with E-state index in [0.29, 0.717) is 6.04 Å². The third-order valence-corrected chi connectivity index (χ3v) is 5.09. The first-order valence-corrected chi connectivity index (χ1v) is 8.60. The Morgan fingerprint density at radius 1 is 1.19 bits per heavy atom. The highest BCUT2D eigenvalue weighted by molar-refractivity contribution is 9.10. The summed E-state index contributed by atoms with van der Waals surface area (Å²) in [5, 5.41) is 5.69. The summed E-state index contributed by atoms with van der Waals surface area (Å²) < 4.78 is 1.15. The lowest BCUT2D eigenvalue weighted by atomic mass is 10.0. The second-order valence-corrected chi connectivity index (χ2v) is 6.76. The molecule has 2 aromatic heterocycles. The third-order valence-electron chi connectivity index (χ3n) is 3.37. The van der Waals surface area contributed by atoms with Gasteiger partial charge in [0.1, 0.15) is 0 Å². The highest BCUT2D eigenvalue weighted by atomic mass is 79.9. The number of benzene rings is 1. The van der Waals surface area contributed by atoms with Gasteiger partial charge in [-0.05, 0) is 46.2 Å². The van der Waals surface area contributed by atoms with E-state index >= 15 is 0 Å². The van der Waals surface area contributed by atoms with E-state index in [9.17, 15) is 0 Å². The summed E-state index contributed by atoms with van der Waals surface area (Å²) in [7, 11) is 0. The largest absolute Gasteiger partial charge is 0.310 e. The highest BCUT2D eigenvalue weighted by Crippen LogP contribution is 2.26. The molecule has 108 valence electrons. The van der Waals surface area contributed by atoms with Crippen LogP contribution in [-0.2, 0) is 6.42 Å². The van der Waals surface area contributed by atoms with Gasteiger partial charge in [-0.1, -0.05) is 13.0 Å². The zero-order valence-electron chi connectivity index (χ0n) is 11.7. The molecule has 5 heteroatoms. The SMILES string of the molecule is CCNC(Cc1cc(Br)cs1)c1ccc2nccnc2c1. The number of fused-ring (bicyclic) bond motifs is 1. The number of likely N-dealkylation sites (N-methyl/N-ethyl adjacent to an activating group) is 1. The summed E-state index contributed by atoms with van der Waals surface area (Å²) in [6, 6.07) is 8.82. The van der Waals surface area contributed by atoms with Gasteiger partial charge >= 0.3 is 0 Å². The number of rotatable bonds is 5. The average Bonchev–Trinajstić information content (AvgIpc) is 2.91. The van der Waals surface area contributed by atoms with Crippen LogP contribution in [0.1, 0.15) is 23.4 Å². The van der Waals surface area contributed by atoms with Crippen molar-refractivity contribution in [2.24, 2.45) is 0 Å². The Kier molecular flexibility index (Phi) is 4.63. The van der Waals surface area contributed by atoms with Crippen LogP contribution in [0.5, 0.6) is 0 Å². The topological polar surface area (TPSA) is 37.8 Å². The van der Waals surface area contributed by atoms with E-state index in [4.69, 9.17) is 0 Å². The average molecular weight is 362 g/mol. The van der Waals surface area contributed by atoms with E-state index in [1.165, 1.54) is 10.4 Å². The summed E-state index contributed by atoms with van der Waals surface area (Å²) in [6.07, 6.45) is 4.45. The quantitative estimate of drug-likeness (QED) is 0.733. The van der Waals surface area contributed by atoms with E-state index in [0.717, 1.165) is 28.5 Å². The molecule has 1 unspecified atom stereocenters. The third kappa shape index (κ3) is 3.48. The van der Waals surface area contributed by atoms with Gasteiger partial charge in [-0.3, -0.25) is 9.97 Å². The zero-order chi connectivity index (χ0) is 14.7. The van der Waals surface area contributed by atoms with Gasteiger partial charge in [-0.2, -0.15) is 0 Å². The standard InChI is InChI=1S/C16H16BrN3S/c1-2-18-15(9-13-8-12(17)10-21-13)11-3-4-14-16(7-11)20-6-5-19-14/h3-8,10,15,18H,2,9H2,1H3. The molecule has 0 fully saturated rings. The lowest BCUT2D eigenvalue weighted by Gasteiger charge is -2.18. The van der Waals surface area contributed by atoms with Gasteiger partial charge in [0.05, 0.1) is 11.0 Å². The number of halogens is 1. The molecule has 0 amide bonds. The summed E-state index contributed by atoms with van der Waals surface area (Å²) in [6.45, 7) is 3.08. The predicted molar refractivity (Wildman–Crippen MR) is 91.7 cm³/mol. The van der Waals surface area contributed by atoms with Crippen molar-refractivity contribution in [3.8, 4) is 0 Å². The van der Waals surface area contributed by atoms with Gasteiger partial charge in [0.15, 0.2) is 0 Å². The molecule has 3 rings (SSSR count). The van der Waals surface area contributed by atoms with E-state index < -0.39 is 0 Å². The first-order valence-electron chi connectivity index (χ1n) is 6.93. The maximum atomic E-state index is 4.40. The zero-order valence-corrected chi connectivity index (χ0v) is 14.1. The summed E-state index contributed by atoms with van der Waals surface area (Å²) in [5.41, 5.74) is 3.15. The minimum atomic E-state index is 0.298. The molecule has 0 aliphatic heterocycles. The first-order chi connectivity index (χ1) is 10.3. The van der Waals surface area contributed by atoms with Crippen LogP contribution in [0, 0.1) is 0 Å². The number of aromatic nitrogens is 2. The van der Waals surface area contributed by atoms with Gasteiger partial charge < -0.3 is 5.32 Å². The fourth-order valence-electron chi connectivity index (χ4n) is 2.41. The first kappa shape index (κ1) is 14.6. The minimum absolute atomic E-state index is 0.298. The minimum Gasteiger partial charge on any atom is -0.310 e. The van der Waals surface area contributed by atoms with Crippen LogP contribution >= 0.6 is 27.3 Å². The van der Waals surface area contributed by atoms with Crippen molar-refractivity contribution in [3.05, 3.63) is 57.0 Å². The van der Waals surface area contributed by atoms with Crippen molar-refractivity contribution in [2.45, 2.75) is 19.4 Å². The molecular formula is C16H16BrN3S. The Morgan fingerprint density at radius 2 is 2.00 bits per heavy atom. The molecule has 1 atom stereocenters. The molecule has 0 spiro atoms. The molecule has 21 heavy (non-hydrogen) atoms. The van der Waals surface area contributed by atoms with Gasteiger partial charge in [0.2, 0.25) is 0 Å². The maximum Gasteiger partial charge on any atom is 0.0890 e. The van der Waals surface area contributed by atoms with Crippen LogP contribution in [0.4, 0.5) is 0 Å². The Bertz CT molecular complexity index is 741. The molecule has 0 aliphatic rings. The smallest absolute Gasteiger partial charge is 0.0890 e. The monoisotopic (exact) mass is 361 g/mol. The lowest BCUT2D eigenvalue weighted by molar-refractivity contribution is 0.553. The van der Waals surface area contributed by atoms with Crippen molar-refractivity contribution in [1.82, 2.24) is 15.3 Å². The summed E-state index contributed by atoms with van der Waals surface area (Å²) >= 11 is 5.31.